The molecule has 1 aromatic rings. The van der Waals surface area contributed by atoms with E-state index < -0.39 is 0 Å². The molecule has 0 aromatic heterocycles. The van der Waals surface area contributed by atoms with E-state index in [-0.39, 0.29) is 5.41 Å². The quantitative estimate of drug-likeness (QED) is 0.690. The average molecular weight is 220 g/mol. The molecule has 0 aliphatic carbocycles. The summed E-state index contributed by atoms with van der Waals surface area (Å²) in [5.74, 6) is 0.615. The summed E-state index contributed by atoms with van der Waals surface area (Å²) in [6.45, 7) is 12.5. The summed E-state index contributed by atoms with van der Waals surface area (Å²) in [6, 6.07) is 8.64. The Morgan fingerprint density at radius 3 is 2.44 bits per heavy atom. The summed E-state index contributed by atoms with van der Waals surface area (Å²) in [4.78, 5) is 0. The first-order valence-corrected chi connectivity index (χ1v) is 6.31. The molecule has 90 valence electrons. The van der Waals surface area contributed by atoms with Gasteiger partial charge in [-0.2, -0.15) is 0 Å². The summed E-state index contributed by atoms with van der Waals surface area (Å²) in [7, 11) is 0. The number of fused-ring (bicyclic) bond motifs is 1. The van der Waals surface area contributed by atoms with Gasteiger partial charge in [0.2, 0.25) is 0 Å². The minimum absolute atomic E-state index is 0.189. The SMILES string of the molecule is CC.CC(C)C1(C)COCc2ccccc21. The molecule has 0 N–H and O–H groups in total. The third-order valence-corrected chi connectivity index (χ3v) is 3.57. The van der Waals surface area contributed by atoms with Gasteiger partial charge in [0.05, 0.1) is 13.2 Å². The molecule has 1 atom stereocenters. The van der Waals surface area contributed by atoms with Crippen LogP contribution in [0.25, 0.3) is 0 Å². The van der Waals surface area contributed by atoms with Crippen LogP contribution in [0.2, 0.25) is 0 Å². The number of hydrogen-bond acceptors (Lipinski definition) is 1. The van der Waals surface area contributed by atoms with Crippen molar-refractivity contribution in [3.63, 3.8) is 0 Å². The molecule has 1 aliphatic heterocycles. The van der Waals surface area contributed by atoms with Gasteiger partial charge >= 0.3 is 0 Å². The highest BCUT2D eigenvalue weighted by molar-refractivity contribution is 5.35. The van der Waals surface area contributed by atoms with Gasteiger partial charge in [0.15, 0.2) is 0 Å². The van der Waals surface area contributed by atoms with E-state index in [9.17, 15) is 0 Å². The van der Waals surface area contributed by atoms with Gasteiger partial charge in [0, 0.05) is 5.41 Å². The van der Waals surface area contributed by atoms with Gasteiger partial charge in [0.1, 0.15) is 0 Å². The first-order valence-electron chi connectivity index (χ1n) is 6.31. The maximum absolute atomic E-state index is 5.67. The lowest BCUT2D eigenvalue weighted by molar-refractivity contribution is 0.0391. The molecule has 0 amide bonds. The maximum Gasteiger partial charge on any atom is 0.0720 e. The van der Waals surface area contributed by atoms with E-state index in [2.05, 4.69) is 45.0 Å². The molecule has 1 aliphatic rings. The fraction of sp³-hybridized carbons (Fsp3) is 0.600. The van der Waals surface area contributed by atoms with Crippen LogP contribution in [0.15, 0.2) is 24.3 Å². The Hall–Kier alpha value is -0.820. The molecule has 0 saturated carbocycles. The summed E-state index contributed by atoms with van der Waals surface area (Å²) >= 11 is 0. The van der Waals surface area contributed by atoms with Crippen LogP contribution < -0.4 is 0 Å². The van der Waals surface area contributed by atoms with Crippen molar-refractivity contribution in [1.29, 1.82) is 0 Å². The van der Waals surface area contributed by atoms with Crippen LogP contribution in [0, 0.1) is 5.92 Å². The number of rotatable bonds is 1. The second-order valence-electron chi connectivity index (χ2n) is 4.72. The Labute approximate surface area is 99.8 Å². The number of benzene rings is 1. The summed E-state index contributed by atoms with van der Waals surface area (Å²) < 4.78 is 5.67. The third kappa shape index (κ3) is 2.30. The van der Waals surface area contributed by atoms with Crippen molar-refractivity contribution in [2.45, 2.75) is 46.6 Å². The number of hydrogen-bond donors (Lipinski definition) is 0. The average Bonchev–Trinajstić information content (AvgIpc) is 2.32. The van der Waals surface area contributed by atoms with E-state index in [1.165, 1.54) is 11.1 Å². The van der Waals surface area contributed by atoms with E-state index >= 15 is 0 Å². The van der Waals surface area contributed by atoms with Gasteiger partial charge in [-0.05, 0) is 17.0 Å². The van der Waals surface area contributed by atoms with Crippen molar-refractivity contribution in [2.75, 3.05) is 6.61 Å². The topological polar surface area (TPSA) is 9.23 Å². The zero-order valence-electron chi connectivity index (χ0n) is 11.2. The normalized spacial score (nSPS) is 23.4. The van der Waals surface area contributed by atoms with E-state index in [1.807, 2.05) is 13.8 Å². The molecule has 0 spiro atoms. The highest BCUT2D eigenvalue weighted by atomic mass is 16.5. The Bertz CT molecular complexity index is 330. The Kier molecular flexibility index (Phi) is 4.55. The molecule has 0 bridgehead atoms. The molecule has 1 aromatic carbocycles. The Balaban J connectivity index is 0.000000606. The monoisotopic (exact) mass is 220 g/mol. The predicted molar refractivity (Wildman–Crippen MR) is 69.6 cm³/mol. The first-order chi connectivity index (χ1) is 7.64. The number of ether oxygens (including phenoxy) is 1. The van der Waals surface area contributed by atoms with Crippen molar-refractivity contribution < 1.29 is 4.74 Å². The van der Waals surface area contributed by atoms with Crippen molar-refractivity contribution >= 4 is 0 Å². The highest BCUT2D eigenvalue weighted by Gasteiger charge is 2.35. The van der Waals surface area contributed by atoms with Crippen LogP contribution in [0.5, 0.6) is 0 Å². The van der Waals surface area contributed by atoms with Gasteiger partial charge in [-0.3, -0.25) is 0 Å². The van der Waals surface area contributed by atoms with E-state index in [0.29, 0.717) is 5.92 Å². The van der Waals surface area contributed by atoms with Crippen molar-refractivity contribution in [2.24, 2.45) is 5.92 Å². The fourth-order valence-electron chi connectivity index (χ4n) is 2.13. The summed E-state index contributed by atoms with van der Waals surface area (Å²) in [6.07, 6.45) is 0. The molecule has 0 radical (unpaired) electrons. The molecule has 1 nitrogen and oxygen atoms in total. The second-order valence-corrected chi connectivity index (χ2v) is 4.72. The highest BCUT2D eigenvalue weighted by Crippen LogP contribution is 2.37. The van der Waals surface area contributed by atoms with Gasteiger partial charge in [-0.25, -0.2) is 0 Å². The van der Waals surface area contributed by atoms with E-state index in [1.54, 1.807) is 0 Å². The second kappa shape index (κ2) is 5.49. The van der Waals surface area contributed by atoms with Crippen molar-refractivity contribution in [3.8, 4) is 0 Å². The maximum atomic E-state index is 5.67. The van der Waals surface area contributed by atoms with Crippen LogP contribution in [0.1, 0.15) is 45.7 Å². The summed E-state index contributed by atoms with van der Waals surface area (Å²) in [5.41, 5.74) is 3.02. The first kappa shape index (κ1) is 13.2. The molecule has 0 fully saturated rings. The zero-order valence-corrected chi connectivity index (χ0v) is 11.2. The Morgan fingerprint density at radius 1 is 1.19 bits per heavy atom. The third-order valence-electron chi connectivity index (χ3n) is 3.57. The molecular weight excluding hydrogens is 196 g/mol. The molecule has 1 heteroatoms. The van der Waals surface area contributed by atoms with Crippen LogP contribution in [0.4, 0.5) is 0 Å². The Morgan fingerprint density at radius 2 is 1.81 bits per heavy atom. The largest absolute Gasteiger partial charge is 0.376 e. The predicted octanol–water partition coefficient (Wildman–Crippen LogP) is 4.16. The van der Waals surface area contributed by atoms with Gasteiger partial charge < -0.3 is 4.74 Å². The lowest BCUT2D eigenvalue weighted by Crippen LogP contribution is -2.38. The molecular formula is C15H24O. The smallest absolute Gasteiger partial charge is 0.0720 e. The van der Waals surface area contributed by atoms with Gasteiger partial charge in [0.25, 0.3) is 0 Å². The lowest BCUT2D eigenvalue weighted by atomic mass is 9.71. The van der Waals surface area contributed by atoms with Crippen LogP contribution in [-0.4, -0.2) is 6.61 Å². The standard InChI is InChI=1S/C13H18O.C2H6/c1-10(2)13(3)9-14-8-11-6-4-5-7-12(11)13;1-2/h4-7,10H,8-9H2,1-3H3;1-2H3. The minimum atomic E-state index is 0.189. The van der Waals surface area contributed by atoms with Gasteiger partial charge in [-0.1, -0.05) is 58.9 Å². The minimum Gasteiger partial charge on any atom is -0.376 e. The van der Waals surface area contributed by atoms with Gasteiger partial charge in [-0.15, -0.1) is 0 Å². The molecule has 16 heavy (non-hydrogen) atoms. The van der Waals surface area contributed by atoms with Crippen molar-refractivity contribution in [1.82, 2.24) is 0 Å². The molecule has 0 saturated heterocycles. The summed E-state index contributed by atoms with van der Waals surface area (Å²) in [5, 5.41) is 0. The van der Waals surface area contributed by atoms with Crippen LogP contribution >= 0.6 is 0 Å². The van der Waals surface area contributed by atoms with Crippen LogP contribution in [0.3, 0.4) is 0 Å². The van der Waals surface area contributed by atoms with E-state index in [0.717, 1.165) is 13.2 Å². The molecule has 1 unspecified atom stereocenters. The van der Waals surface area contributed by atoms with E-state index in [4.69, 9.17) is 4.74 Å². The lowest BCUT2D eigenvalue weighted by Gasteiger charge is -2.39. The molecule has 1 heterocycles. The molecule has 2 rings (SSSR count). The van der Waals surface area contributed by atoms with Crippen LogP contribution in [-0.2, 0) is 16.8 Å². The zero-order chi connectivity index (χ0) is 12.2. The van der Waals surface area contributed by atoms with Crippen molar-refractivity contribution in [3.05, 3.63) is 35.4 Å². The fourth-order valence-corrected chi connectivity index (χ4v) is 2.13.